The predicted octanol–water partition coefficient (Wildman–Crippen LogP) is 6.02. The summed E-state index contributed by atoms with van der Waals surface area (Å²) in [6.45, 7) is 0. The van der Waals surface area contributed by atoms with E-state index in [1.807, 2.05) is 60.7 Å². The summed E-state index contributed by atoms with van der Waals surface area (Å²) < 4.78 is 0. The predicted molar refractivity (Wildman–Crippen MR) is 112 cm³/mol. The Morgan fingerprint density at radius 1 is 0.962 bits per heavy atom. The summed E-state index contributed by atoms with van der Waals surface area (Å²) in [5.74, 6) is 0.790. The fourth-order valence-electron chi connectivity index (χ4n) is 2.86. The molecule has 0 radical (unpaired) electrons. The number of rotatable bonds is 4. The molecule has 4 rings (SSSR count). The van der Waals surface area contributed by atoms with Gasteiger partial charge in [-0.1, -0.05) is 54.1 Å². The SMILES string of the molecule is NSc1ccccc1-c1ccc2nc(/C=C/c3ccccc3Cl)[nH]c2c1. The highest BCUT2D eigenvalue weighted by molar-refractivity contribution is 7.97. The molecule has 0 atom stereocenters. The molecule has 128 valence electrons. The fraction of sp³-hybridized carbons (Fsp3) is 0. The minimum atomic E-state index is 0.720. The van der Waals surface area contributed by atoms with Crippen molar-refractivity contribution in [1.29, 1.82) is 0 Å². The summed E-state index contributed by atoms with van der Waals surface area (Å²) in [5, 5.41) is 6.51. The van der Waals surface area contributed by atoms with Crippen LogP contribution in [0.15, 0.2) is 71.6 Å². The van der Waals surface area contributed by atoms with Crippen LogP contribution in [0.25, 0.3) is 34.3 Å². The van der Waals surface area contributed by atoms with Crippen LogP contribution in [0.3, 0.4) is 0 Å². The van der Waals surface area contributed by atoms with E-state index in [2.05, 4.69) is 28.2 Å². The zero-order valence-electron chi connectivity index (χ0n) is 13.8. The lowest BCUT2D eigenvalue weighted by Crippen LogP contribution is -1.85. The Balaban J connectivity index is 1.69. The quantitative estimate of drug-likeness (QED) is 0.427. The highest BCUT2D eigenvalue weighted by Crippen LogP contribution is 2.30. The third kappa shape index (κ3) is 3.40. The van der Waals surface area contributed by atoms with E-state index in [1.165, 1.54) is 11.9 Å². The van der Waals surface area contributed by atoms with Gasteiger partial charge >= 0.3 is 0 Å². The van der Waals surface area contributed by atoms with Gasteiger partial charge in [-0.15, -0.1) is 0 Å². The Kier molecular flexibility index (Phi) is 4.80. The topological polar surface area (TPSA) is 54.7 Å². The maximum atomic E-state index is 6.19. The molecule has 0 saturated carbocycles. The van der Waals surface area contributed by atoms with Crippen LogP contribution in [-0.2, 0) is 0 Å². The Bertz CT molecular complexity index is 1100. The molecule has 3 N–H and O–H groups in total. The zero-order chi connectivity index (χ0) is 17.9. The number of halogens is 1. The van der Waals surface area contributed by atoms with Gasteiger partial charge in [-0.05, 0) is 65.1 Å². The first kappa shape index (κ1) is 16.9. The fourth-order valence-corrected chi connectivity index (χ4v) is 3.53. The van der Waals surface area contributed by atoms with Gasteiger partial charge in [0.15, 0.2) is 0 Å². The molecule has 0 fully saturated rings. The molecule has 26 heavy (non-hydrogen) atoms. The average Bonchev–Trinajstić information content (AvgIpc) is 3.09. The highest BCUT2D eigenvalue weighted by atomic mass is 35.5. The summed E-state index contributed by atoms with van der Waals surface area (Å²) in [7, 11) is 0. The third-order valence-electron chi connectivity index (χ3n) is 4.15. The second-order valence-corrected chi connectivity index (χ2v) is 6.91. The van der Waals surface area contributed by atoms with E-state index >= 15 is 0 Å². The van der Waals surface area contributed by atoms with Gasteiger partial charge in [0, 0.05) is 9.92 Å². The second kappa shape index (κ2) is 7.38. The maximum absolute atomic E-state index is 6.19. The molecule has 3 nitrogen and oxygen atoms in total. The van der Waals surface area contributed by atoms with Crippen LogP contribution in [0.2, 0.25) is 5.02 Å². The molecule has 0 bridgehead atoms. The molecule has 0 aliphatic rings. The van der Waals surface area contributed by atoms with E-state index in [4.69, 9.17) is 16.7 Å². The molecule has 5 heteroatoms. The Morgan fingerprint density at radius 2 is 1.77 bits per heavy atom. The van der Waals surface area contributed by atoms with Crippen molar-refractivity contribution in [3.05, 3.63) is 83.1 Å². The van der Waals surface area contributed by atoms with E-state index in [1.54, 1.807) is 0 Å². The molecule has 0 unspecified atom stereocenters. The molecule has 1 heterocycles. The van der Waals surface area contributed by atoms with Gasteiger partial charge in [-0.25, -0.2) is 4.98 Å². The minimum absolute atomic E-state index is 0.720. The number of nitrogens with one attached hydrogen (secondary N) is 1. The van der Waals surface area contributed by atoms with Gasteiger partial charge in [0.2, 0.25) is 0 Å². The van der Waals surface area contributed by atoms with Crippen LogP contribution in [0.1, 0.15) is 11.4 Å². The van der Waals surface area contributed by atoms with Crippen LogP contribution in [0.4, 0.5) is 0 Å². The van der Waals surface area contributed by atoms with E-state index in [-0.39, 0.29) is 0 Å². The van der Waals surface area contributed by atoms with Crippen LogP contribution in [0, 0.1) is 0 Å². The summed E-state index contributed by atoms with van der Waals surface area (Å²) in [4.78, 5) is 9.02. The monoisotopic (exact) mass is 377 g/mol. The van der Waals surface area contributed by atoms with Crippen molar-refractivity contribution in [3.8, 4) is 11.1 Å². The van der Waals surface area contributed by atoms with Crippen LogP contribution >= 0.6 is 23.5 Å². The number of benzene rings is 3. The van der Waals surface area contributed by atoms with Gasteiger partial charge in [-0.3, -0.25) is 5.14 Å². The first-order valence-electron chi connectivity index (χ1n) is 8.13. The summed E-state index contributed by atoms with van der Waals surface area (Å²) in [5.41, 5.74) is 5.09. The van der Waals surface area contributed by atoms with Gasteiger partial charge in [0.1, 0.15) is 5.82 Å². The van der Waals surface area contributed by atoms with Gasteiger partial charge in [0.25, 0.3) is 0 Å². The van der Waals surface area contributed by atoms with Crippen molar-refractivity contribution < 1.29 is 0 Å². The first-order valence-corrected chi connectivity index (χ1v) is 9.39. The molecular weight excluding hydrogens is 362 g/mol. The summed E-state index contributed by atoms with van der Waals surface area (Å²) in [6, 6.07) is 22.0. The lowest BCUT2D eigenvalue weighted by Gasteiger charge is -2.06. The molecule has 1 aromatic heterocycles. The number of imidazole rings is 1. The van der Waals surface area contributed by atoms with Crippen molar-refractivity contribution in [2.45, 2.75) is 4.90 Å². The maximum Gasteiger partial charge on any atom is 0.131 e. The number of aromatic nitrogens is 2. The van der Waals surface area contributed by atoms with Crippen molar-refractivity contribution >= 4 is 46.7 Å². The molecule has 0 aliphatic carbocycles. The van der Waals surface area contributed by atoms with E-state index < -0.39 is 0 Å². The van der Waals surface area contributed by atoms with Crippen molar-refractivity contribution in [2.24, 2.45) is 5.14 Å². The normalized spacial score (nSPS) is 11.5. The van der Waals surface area contributed by atoms with Gasteiger partial charge < -0.3 is 4.98 Å². The first-order chi connectivity index (χ1) is 12.7. The lowest BCUT2D eigenvalue weighted by atomic mass is 10.1. The number of hydrogen-bond acceptors (Lipinski definition) is 3. The van der Waals surface area contributed by atoms with Crippen molar-refractivity contribution in [2.75, 3.05) is 0 Å². The van der Waals surface area contributed by atoms with Crippen LogP contribution in [0.5, 0.6) is 0 Å². The smallest absolute Gasteiger partial charge is 0.131 e. The number of nitrogens with two attached hydrogens (primary N) is 1. The number of nitrogens with zero attached hydrogens (tertiary/aromatic N) is 1. The number of fused-ring (bicyclic) bond motifs is 1. The molecule has 4 aromatic rings. The van der Waals surface area contributed by atoms with E-state index in [9.17, 15) is 0 Å². The van der Waals surface area contributed by atoms with Gasteiger partial charge in [-0.2, -0.15) is 0 Å². The van der Waals surface area contributed by atoms with Crippen molar-refractivity contribution in [1.82, 2.24) is 9.97 Å². The highest BCUT2D eigenvalue weighted by Gasteiger charge is 2.07. The van der Waals surface area contributed by atoms with E-state index in [0.29, 0.717) is 0 Å². The largest absolute Gasteiger partial charge is 0.338 e. The molecule has 3 aromatic carbocycles. The Hall–Kier alpha value is -2.53. The molecule has 0 aliphatic heterocycles. The third-order valence-corrected chi connectivity index (χ3v) is 5.11. The molecule has 0 spiro atoms. The molecular formula is C21H16ClN3S. The second-order valence-electron chi connectivity index (χ2n) is 5.82. The van der Waals surface area contributed by atoms with E-state index in [0.717, 1.165) is 43.5 Å². The lowest BCUT2D eigenvalue weighted by molar-refractivity contribution is 1.29. The average molecular weight is 378 g/mol. The number of aromatic amines is 1. The number of H-pyrrole nitrogens is 1. The Labute approximate surface area is 161 Å². The zero-order valence-corrected chi connectivity index (χ0v) is 15.4. The number of hydrogen-bond donors (Lipinski definition) is 2. The van der Waals surface area contributed by atoms with Crippen LogP contribution < -0.4 is 5.14 Å². The van der Waals surface area contributed by atoms with Crippen molar-refractivity contribution in [3.63, 3.8) is 0 Å². The summed E-state index contributed by atoms with van der Waals surface area (Å²) in [6.07, 6.45) is 3.89. The minimum Gasteiger partial charge on any atom is -0.338 e. The standard InChI is InChI=1S/C21H16ClN3S/c22-17-7-3-1-5-14(17)10-12-21-24-18-11-9-15(13-19(18)25-21)16-6-2-4-8-20(16)26-23/h1-13H,23H2,(H,24,25)/b12-10+. The van der Waals surface area contributed by atoms with Gasteiger partial charge in [0.05, 0.1) is 11.0 Å². The van der Waals surface area contributed by atoms with Crippen LogP contribution in [-0.4, -0.2) is 9.97 Å². The summed E-state index contributed by atoms with van der Waals surface area (Å²) >= 11 is 7.45. The molecule has 0 amide bonds. The Morgan fingerprint density at radius 3 is 2.62 bits per heavy atom. The molecule has 0 saturated heterocycles.